The molecule has 28 heteroatoms. The third-order valence-corrected chi connectivity index (χ3v) is 10.8. The van der Waals surface area contributed by atoms with E-state index < -0.39 is 78.6 Å². The zero-order chi connectivity index (χ0) is 41.6. The number of hydrogen-bond acceptors (Lipinski definition) is 18. The number of imidazole rings is 1. The summed E-state index contributed by atoms with van der Waals surface area (Å²) in [5.41, 5.74) is 4.30. The highest BCUT2D eigenvalue weighted by molar-refractivity contribution is 7.80. The number of aliphatic hydroxyl groups excluding tert-OH is 3. The van der Waals surface area contributed by atoms with Crippen LogP contribution in [0.1, 0.15) is 59.1 Å². The minimum atomic E-state index is -5.54. The molecular weight excluding hydrogens is 819 g/mol. The molecule has 1 aliphatic rings. The lowest BCUT2D eigenvalue weighted by molar-refractivity contribution is -0.137. The van der Waals surface area contributed by atoms with Crippen LogP contribution in [0.5, 0.6) is 0 Å². The monoisotopic (exact) mass is 869 g/mol. The molecule has 11 N–H and O–H groups in total. The molecule has 3 heterocycles. The molecule has 2 amide bonds. The maximum absolute atomic E-state index is 12.6. The Labute approximate surface area is 321 Å². The molecule has 0 bridgehead atoms. The SMILES string of the molecule is CC(C)(COP(=O)(O)OP(=O)(O)OC[C@H]1O[C@@H](n2cnc3c(N)ncnc32)[C@H](O)[C@@H]1OP(=O)(O)O)[C@@H](O)C(=O)NCCC(=O)NCCS.CCCCCCO. The van der Waals surface area contributed by atoms with Crippen molar-refractivity contribution in [3.8, 4) is 0 Å². The number of nitrogens with one attached hydrogen (secondary N) is 2. The molecule has 1 saturated heterocycles. The lowest BCUT2D eigenvalue weighted by atomic mass is 9.87. The van der Waals surface area contributed by atoms with Crippen LogP contribution in [0.2, 0.25) is 0 Å². The highest BCUT2D eigenvalue weighted by Gasteiger charge is 2.50. The summed E-state index contributed by atoms with van der Waals surface area (Å²) in [4.78, 5) is 74.6. The van der Waals surface area contributed by atoms with Crippen molar-refractivity contribution in [1.82, 2.24) is 30.2 Å². The number of unbranched alkanes of at least 4 members (excludes halogenated alkanes) is 3. The largest absolute Gasteiger partial charge is 0.481 e. The number of carbonyl (C=O) groups excluding carboxylic acids is 2. The summed E-state index contributed by atoms with van der Waals surface area (Å²) in [6.07, 6.45) is -2.06. The van der Waals surface area contributed by atoms with Crippen molar-refractivity contribution in [2.45, 2.75) is 83.5 Å². The standard InChI is InChI=1S/C21H36N7O16P3S.C6H14O/c1-21(2,16(31)19(32)24-4-3-12(29)23-5-6-48)8-41-47(38,39)44-46(36,37)40-7-11-15(43-45(33,34)35)14(30)20(42-11)28-10-27-13-17(22)25-9-26-18(13)28;1-2-3-4-5-6-7/h9-11,14-16,20,30-31,48H,3-8H2,1-2H3,(H,23,29)(H,24,32)(H,36,37)(H,38,39)(H2,22,25,26)(H2,33,34,35);7H,2-6H2,1H3/t11-,14-,15-,16+,20-;/m1./s1. The van der Waals surface area contributed by atoms with Crippen LogP contribution < -0.4 is 16.4 Å². The van der Waals surface area contributed by atoms with Crippen LogP contribution in [0.25, 0.3) is 11.2 Å². The van der Waals surface area contributed by atoms with E-state index in [2.05, 4.69) is 54.0 Å². The number of nitrogens with zero attached hydrogens (tertiary/aromatic N) is 4. The molecule has 3 rings (SSSR count). The van der Waals surface area contributed by atoms with Crippen molar-refractivity contribution in [2.24, 2.45) is 5.41 Å². The summed E-state index contributed by atoms with van der Waals surface area (Å²) in [6, 6.07) is 0. The van der Waals surface area contributed by atoms with Gasteiger partial charge in [-0.25, -0.2) is 28.6 Å². The topological polar surface area (TPSA) is 367 Å². The fraction of sp³-hybridized carbons (Fsp3) is 0.741. The Morgan fingerprint density at radius 1 is 1.05 bits per heavy atom. The van der Waals surface area contributed by atoms with Crippen molar-refractivity contribution in [3.05, 3.63) is 12.7 Å². The average molecular weight is 870 g/mol. The van der Waals surface area contributed by atoms with Gasteiger partial charge in [0.2, 0.25) is 11.8 Å². The second-order valence-electron chi connectivity index (χ2n) is 12.6. The van der Waals surface area contributed by atoms with Crippen molar-refractivity contribution < 1.29 is 80.8 Å². The molecule has 55 heavy (non-hydrogen) atoms. The molecule has 0 radical (unpaired) electrons. The number of anilines is 1. The van der Waals surface area contributed by atoms with E-state index in [0.717, 1.165) is 23.6 Å². The van der Waals surface area contributed by atoms with Gasteiger partial charge < -0.3 is 56.0 Å². The minimum absolute atomic E-state index is 0.0363. The van der Waals surface area contributed by atoms with Gasteiger partial charge in [-0.2, -0.15) is 16.9 Å². The molecule has 2 unspecified atom stereocenters. The van der Waals surface area contributed by atoms with Crippen LogP contribution in [0.4, 0.5) is 5.82 Å². The molecule has 316 valence electrons. The predicted octanol–water partition coefficient (Wildman–Crippen LogP) is -0.106. The smallest absolute Gasteiger partial charge is 0.396 e. The predicted molar refractivity (Wildman–Crippen MR) is 195 cm³/mol. The van der Waals surface area contributed by atoms with E-state index in [-0.39, 0.29) is 35.9 Å². The second-order valence-corrected chi connectivity index (χ2v) is 17.3. The fourth-order valence-corrected chi connectivity index (χ4v) is 7.61. The van der Waals surface area contributed by atoms with Gasteiger partial charge in [0, 0.05) is 37.3 Å². The third-order valence-electron chi connectivity index (χ3n) is 7.52. The molecule has 0 saturated carbocycles. The molecule has 7 atom stereocenters. The summed E-state index contributed by atoms with van der Waals surface area (Å²) < 4.78 is 61.7. The van der Waals surface area contributed by atoms with Crippen molar-refractivity contribution in [1.29, 1.82) is 0 Å². The number of carbonyl (C=O) groups is 2. The van der Waals surface area contributed by atoms with Gasteiger partial charge in [0.1, 0.15) is 36.3 Å². The van der Waals surface area contributed by atoms with Gasteiger partial charge >= 0.3 is 23.5 Å². The summed E-state index contributed by atoms with van der Waals surface area (Å²) in [7, 11) is -16.3. The number of aromatic nitrogens is 4. The Hall–Kier alpha value is -2.15. The van der Waals surface area contributed by atoms with E-state index >= 15 is 0 Å². The number of thiol groups is 1. The van der Waals surface area contributed by atoms with Gasteiger partial charge in [-0.05, 0) is 6.42 Å². The first kappa shape index (κ1) is 49.0. The number of fused-ring (bicyclic) bond motifs is 1. The molecule has 1 fully saturated rings. The number of phosphoric ester groups is 3. The van der Waals surface area contributed by atoms with Crippen LogP contribution in [0.15, 0.2) is 12.7 Å². The number of ether oxygens (including phenoxy) is 1. The van der Waals surface area contributed by atoms with Crippen molar-refractivity contribution in [2.75, 3.05) is 44.4 Å². The second kappa shape index (κ2) is 22.1. The quantitative estimate of drug-likeness (QED) is 0.0418. The zero-order valence-corrected chi connectivity index (χ0v) is 33.8. The summed E-state index contributed by atoms with van der Waals surface area (Å²) >= 11 is 3.95. The van der Waals surface area contributed by atoms with E-state index in [0.29, 0.717) is 18.9 Å². The Bertz CT molecular complexity index is 1680. The normalized spacial score (nSPS) is 21.6. The Kier molecular flexibility index (Phi) is 19.7. The molecule has 0 aliphatic carbocycles. The summed E-state index contributed by atoms with van der Waals surface area (Å²) in [6.45, 7) is 3.25. The number of aliphatic hydroxyl groups is 3. The average Bonchev–Trinajstić information content (AvgIpc) is 3.65. The highest BCUT2D eigenvalue weighted by atomic mass is 32.1. The highest BCUT2D eigenvalue weighted by Crippen LogP contribution is 2.61. The number of hydrogen-bond donors (Lipinski definition) is 11. The minimum Gasteiger partial charge on any atom is -0.396 e. The first-order valence-electron chi connectivity index (χ1n) is 16.7. The van der Waals surface area contributed by atoms with Crippen LogP contribution in [0.3, 0.4) is 0 Å². The third kappa shape index (κ3) is 16.3. The summed E-state index contributed by atoms with van der Waals surface area (Å²) in [5.74, 6) is -0.943. The first-order valence-corrected chi connectivity index (χ1v) is 21.8. The van der Waals surface area contributed by atoms with Gasteiger partial charge in [0.25, 0.3) is 0 Å². The Morgan fingerprint density at radius 3 is 2.35 bits per heavy atom. The van der Waals surface area contributed by atoms with E-state index in [1.54, 1.807) is 0 Å². The Morgan fingerprint density at radius 2 is 1.73 bits per heavy atom. The lowest BCUT2D eigenvalue weighted by Gasteiger charge is -2.30. The number of nitrogens with two attached hydrogens (primary N) is 1. The van der Waals surface area contributed by atoms with E-state index in [9.17, 15) is 53.1 Å². The number of phosphoric acid groups is 3. The van der Waals surface area contributed by atoms with Gasteiger partial charge in [-0.15, -0.1) is 0 Å². The molecule has 1 aliphatic heterocycles. The molecule has 0 aromatic carbocycles. The van der Waals surface area contributed by atoms with Crippen LogP contribution in [-0.2, 0) is 45.9 Å². The van der Waals surface area contributed by atoms with E-state index in [1.807, 2.05) is 0 Å². The molecule has 2 aromatic rings. The van der Waals surface area contributed by atoms with Gasteiger partial charge in [-0.3, -0.25) is 27.7 Å². The van der Waals surface area contributed by atoms with Crippen LogP contribution >= 0.6 is 36.1 Å². The lowest BCUT2D eigenvalue weighted by Crippen LogP contribution is -2.46. The fourth-order valence-electron chi connectivity index (χ4n) is 4.67. The van der Waals surface area contributed by atoms with E-state index in [1.165, 1.54) is 33.1 Å². The van der Waals surface area contributed by atoms with Gasteiger partial charge in [0.05, 0.1) is 19.5 Å². The zero-order valence-electron chi connectivity index (χ0n) is 30.2. The van der Waals surface area contributed by atoms with E-state index in [4.69, 9.17) is 24.6 Å². The summed E-state index contributed by atoms with van der Waals surface area (Å²) in [5, 5.41) is 34.4. The molecule has 0 spiro atoms. The molecule has 2 aromatic heterocycles. The number of rotatable bonds is 22. The number of nitrogen functional groups attached to an aromatic ring is 1. The van der Waals surface area contributed by atoms with Crippen molar-refractivity contribution >= 4 is 64.9 Å². The molecule has 24 nitrogen and oxygen atoms in total. The maximum Gasteiger partial charge on any atom is 0.481 e. The maximum atomic E-state index is 12.6. The first-order chi connectivity index (χ1) is 25.6. The van der Waals surface area contributed by atoms with Gasteiger partial charge in [-0.1, -0.05) is 40.0 Å². The Balaban J connectivity index is 0.00000136. The van der Waals surface area contributed by atoms with Gasteiger partial charge in [0.15, 0.2) is 17.7 Å². The van der Waals surface area contributed by atoms with Crippen LogP contribution in [0, 0.1) is 5.41 Å². The van der Waals surface area contributed by atoms with Crippen molar-refractivity contribution in [3.63, 3.8) is 0 Å². The number of amides is 2. The van der Waals surface area contributed by atoms with Crippen LogP contribution in [-0.4, -0.2) is 129 Å². The molecular formula is C27H50N7O17P3S.